The van der Waals surface area contributed by atoms with Crippen LogP contribution in [0.2, 0.25) is 0 Å². The van der Waals surface area contributed by atoms with Gasteiger partial charge in [0, 0.05) is 4.88 Å². The van der Waals surface area contributed by atoms with Crippen molar-refractivity contribution in [3.63, 3.8) is 0 Å². The molecule has 5 nitrogen and oxygen atoms in total. The van der Waals surface area contributed by atoms with E-state index in [1.807, 2.05) is 36.4 Å². The summed E-state index contributed by atoms with van der Waals surface area (Å²) in [6, 6.07) is 11.9. The monoisotopic (exact) mass is 373 g/mol. The van der Waals surface area contributed by atoms with Gasteiger partial charge in [0.25, 0.3) is 0 Å². The van der Waals surface area contributed by atoms with Gasteiger partial charge in [-0.15, -0.1) is 23.7 Å². The number of rotatable bonds is 7. The van der Waals surface area contributed by atoms with Gasteiger partial charge in [-0.3, -0.25) is 4.79 Å². The zero-order chi connectivity index (χ0) is 16.2. The number of aliphatic hydroxyl groups excluding tert-OH is 2. The first-order valence-corrected chi connectivity index (χ1v) is 8.00. The summed E-state index contributed by atoms with van der Waals surface area (Å²) in [5.41, 5.74) is 7.11. The molecule has 1 heterocycles. The summed E-state index contributed by atoms with van der Waals surface area (Å²) in [5, 5.41) is 18.4. The third kappa shape index (κ3) is 5.66. The largest absolute Gasteiger partial charge is 0.412 e. The Kier molecular flexibility index (Phi) is 9.35. The molecule has 7 heteroatoms. The molecule has 0 radical (unpaired) electrons. The summed E-state index contributed by atoms with van der Waals surface area (Å²) in [6.45, 7) is 1.11. The van der Waals surface area contributed by atoms with Crippen LogP contribution in [0.1, 0.15) is 28.6 Å². The average molecular weight is 374 g/mol. The number of hydrogen-bond donors (Lipinski definition) is 3. The third-order valence-corrected chi connectivity index (χ3v) is 4.97. The number of benzene rings is 1. The number of halogens is 1. The Bertz CT molecular complexity index is 638. The van der Waals surface area contributed by atoms with E-state index in [-0.39, 0.29) is 36.9 Å². The average Bonchev–Trinajstić information content (AvgIpc) is 3.03. The van der Waals surface area contributed by atoms with Crippen LogP contribution in [0.4, 0.5) is 0 Å². The van der Waals surface area contributed by atoms with Gasteiger partial charge in [-0.2, -0.15) is 0 Å². The number of aliphatic hydroxyl groups is 2. The molecule has 0 aliphatic rings. The highest BCUT2D eigenvalue weighted by Crippen LogP contribution is 2.28. The predicted molar refractivity (Wildman–Crippen MR) is 100 cm³/mol. The molecule has 0 fully saturated rings. The van der Waals surface area contributed by atoms with E-state index in [9.17, 15) is 15.0 Å². The molecule has 134 valence electrons. The second-order valence-corrected chi connectivity index (χ2v) is 6.68. The van der Waals surface area contributed by atoms with Gasteiger partial charge in [0.15, 0.2) is 5.78 Å². The first-order chi connectivity index (χ1) is 10.5. The summed E-state index contributed by atoms with van der Waals surface area (Å²) in [4.78, 5) is 13.2. The number of ketones is 1. The molecule has 2 aromatic rings. The van der Waals surface area contributed by atoms with Crippen molar-refractivity contribution in [3.8, 4) is 10.4 Å². The quantitative estimate of drug-likeness (QED) is 0.642. The van der Waals surface area contributed by atoms with Crippen LogP contribution in [0.5, 0.6) is 0 Å². The normalized spacial score (nSPS) is 10.7. The van der Waals surface area contributed by atoms with E-state index >= 15 is 0 Å². The van der Waals surface area contributed by atoms with Crippen LogP contribution in [-0.2, 0) is 6.42 Å². The fourth-order valence-electron chi connectivity index (χ4n) is 2.12. The van der Waals surface area contributed by atoms with Crippen molar-refractivity contribution < 1.29 is 20.5 Å². The molecule has 1 aromatic heterocycles. The SMILES string of the molecule is CC(=O)c1ccc(-c2ccc(CCC(N)(CO)CO)cc2)s1.Cl.O. The highest BCUT2D eigenvalue weighted by atomic mass is 35.5. The Morgan fingerprint density at radius 1 is 1.12 bits per heavy atom. The summed E-state index contributed by atoms with van der Waals surface area (Å²) < 4.78 is 0. The zero-order valence-corrected chi connectivity index (χ0v) is 15.1. The molecular formula is C17H24ClNO4S. The Balaban J connectivity index is 0.00000264. The van der Waals surface area contributed by atoms with Crippen LogP contribution in [0.15, 0.2) is 36.4 Å². The number of hydrogen-bond acceptors (Lipinski definition) is 5. The molecule has 2 rings (SSSR count). The minimum Gasteiger partial charge on any atom is -0.412 e. The van der Waals surface area contributed by atoms with Gasteiger partial charge in [-0.05, 0) is 43.0 Å². The molecule has 6 N–H and O–H groups in total. The maximum atomic E-state index is 11.3. The van der Waals surface area contributed by atoms with Gasteiger partial charge in [0.2, 0.25) is 0 Å². The van der Waals surface area contributed by atoms with Gasteiger partial charge in [-0.1, -0.05) is 24.3 Å². The van der Waals surface area contributed by atoms with Gasteiger partial charge >= 0.3 is 0 Å². The highest BCUT2D eigenvalue weighted by molar-refractivity contribution is 7.17. The van der Waals surface area contributed by atoms with Crippen LogP contribution < -0.4 is 5.73 Å². The van der Waals surface area contributed by atoms with Crippen molar-refractivity contribution in [3.05, 3.63) is 46.8 Å². The number of carbonyl (C=O) groups excluding carboxylic acids is 1. The van der Waals surface area contributed by atoms with E-state index in [1.54, 1.807) is 6.92 Å². The van der Waals surface area contributed by atoms with Gasteiger partial charge in [-0.25, -0.2) is 0 Å². The van der Waals surface area contributed by atoms with Crippen LogP contribution in [0.25, 0.3) is 10.4 Å². The van der Waals surface area contributed by atoms with Crippen LogP contribution in [-0.4, -0.2) is 40.2 Å². The van der Waals surface area contributed by atoms with E-state index in [4.69, 9.17) is 5.73 Å². The number of carbonyl (C=O) groups is 1. The Morgan fingerprint density at radius 2 is 1.71 bits per heavy atom. The third-order valence-electron chi connectivity index (χ3n) is 3.73. The molecule has 0 aliphatic heterocycles. The maximum Gasteiger partial charge on any atom is 0.169 e. The molecule has 1 aromatic carbocycles. The molecule has 0 spiro atoms. The van der Waals surface area contributed by atoms with Crippen molar-refractivity contribution in [2.45, 2.75) is 25.3 Å². The summed E-state index contributed by atoms with van der Waals surface area (Å²) in [6.07, 6.45) is 1.22. The lowest BCUT2D eigenvalue weighted by molar-refractivity contribution is 0.102. The highest BCUT2D eigenvalue weighted by Gasteiger charge is 2.22. The van der Waals surface area contributed by atoms with E-state index in [2.05, 4.69) is 0 Å². The topological polar surface area (TPSA) is 115 Å². The fourth-order valence-corrected chi connectivity index (χ4v) is 3.03. The molecule has 0 saturated heterocycles. The standard InChI is InChI=1S/C17H21NO3S.ClH.H2O/c1-12(21)15-6-7-16(22-15)14-4-2-13(3-5-14)8-9-17(18,10-19)11-20;;/h2-7,19-20H,8-11,18H2,1H3;1H;1H2. The summed E-state index contributed by atoms with van der Waals surface area (Å²) in [7, 11) is 0. The van der Waals surface area contributed by atoms with Crippen LogP contribution >= 0.6 is 23.7 Å². The summed E-state index contributed by atoms with van der Waals surface area (Å²) >= 11 is 1.49. The number of aryl methyl sites for hydroxylation is 1. The molecular weight excluding hydrogens is 350 g/mol. The van der Waals surface area contributed by atoms with Crippen molar-refractivity contribution in [2.24, 2.45) is 5.73 Å². The number of thiophene rings is 1. The molecule has 0 atom stereocenters. The van der Waals surface area contributed by atoms with E-state index in [0.717, 1.165) is 20.9 Å². The minimum absolute atomic E-state index is 0. The fraction of sp³-hybridized carbons (Fsp3) is 0.353. The van der Waals surface area contributed by atoms with Crippen LogP contribution in [0, 0.1) is 0 Å². The van der Waals surface area contributed by atoms with E-state index in [1.165, 1.54) is 11.3 Å². The first kappa shape index (κ1) is 22.7. The van der Waals surface area contributed by atoms with E-state index < -0.39 is 5.54 Å². The molecule has 0 unspecified atom stereocenters. The molecule has 0 saturated carbocycles. The second-order valence-electron chi connectivity index (χ2n) is 5.60. The van der Waals surface area contributed by atoms with E-state index in [0.29, 0.717) is 12.8 Å². The molecule has 0 bridgehead atoms. The van der Waals surface area contributed by atoms with Crippen molar-refractivity contribution in [1.29, 1.82) is 0 Å². The smallest absolute Gasteiger partial charge is 0.169 e. The Hall–Kier alpha value is -1.28. The lowest BCUT2D eigenvalue weighted by Crippen LogP contribution is -2.47. The molecule has 24 heavy (non-hydrogen) atoms. The lowest BCUT2D eigenvalue weighted by atomic mass is 9.93. The van der Waals surface area contributed by atoms with Crippen LogP contribution in [0.3, 0.4) is 0 Å². The second kappa shape index (κ2) is 9.88. The van der Waals surface area contributed by atoms with Crippen molar-refractivity contribution in [1.82, 2.24) is 0 Å². The molecule has 0 amide bonds. The van der Waals surface area contributed by atoms with Crippen molar-refractivity contribution >= 4 is 29.5 Å². The molecule has 0 aliphatic carbocycles. The minimum atomic E-state index is -0.928. The number of nitrogens with two attached hydrogens (primary N) is 1. The number of Topliss-reactive ketones (excluding diaryl/α,β-unsaturated/α-hetero) is 1. The van der Waals surface area contributed by atoms with Gasteiger partial charge in [0.1, 0.15) is 0 Å². The Morgan fingerprint density at radius 3 is 2.17 bits per heavy atom. The zero-order valence-electron chi connectivity index (χ0n) is 13.5. The van der Waals surface area contributed by atoms with Gasteiger partial charge in [0.05, 0.1) is 23.6 Å². The lowest BCUT2D eigenvalue weighted by Gasteiger charge is -2.24. The Labute approximate surface area is 151 Å². The van der Waals surface area contributed by atoms with Crippen molar-refractivity contribution in [2.75, 3.05) is 13.2 Å². The first-order valence-electron chi connectivity index (χ1n) is 7.18. The summed E-state index contributed by atoms with van der Waals surface area (Å²) in [5.74, 6) is 0.0835. The predicted octanol–water partition coefficient (Wildman–Crippen LogP) is 1.83. The maximum absolute atomic E-state index is 11.3. The van der Waals surface area contributed by atoms with Gasteiger partial charge < -0.3 is 21.4 Å².